The number of carbonyl (C=O) groups excluding carboxylic acids is 2. The van der Waals surface area contributed by atoms with Gasteiger partial charge in [-0.3, -0.25) is 14.6 Å². The van der Waals surface area contributed by atoms with Crippen LogP contribution in [0.1, 0.15) is 94.5 Å². The average molecular weight is 1740 g/mol. The molecule has 12 heterocycles. The van der Waals surface area contributed by atoms with Crippen LogP contribution in [0, 0.1) is 52.2 Å². The first-order valence-electron chi connectivity index (χ1n) is 43.4. The van der Waals surface area contributed by atoms with Crippen LogP contribution in [-0.4, -0.2) is 131 Å². The number of anilines is 2. The molecule has 8 N–H and O–H groups in total. The van der Waals surface area contributed by atoms with E-state index < -0.39 is 0 Å². The second-order valence-electron chi connectivity index (χ2n) is 32.5. The Labute approximate surface area is 752 Å². The maximum Gasteiger partial charge on any atom is 0.262 e. The van der Waals surface area contributed by atoms with Gasteiger partial charge in [-0.05, 0) is 178 Å². The highest BCUT2D eigenvalue weighted by Crippen LogP contribution is 2.43. The van der Waals surface area contributed by atoms with Crippen molar-refractivity contribution >= 4 is 78.3 Å². The molecule has 26 heteroatoms. The van der Waals surface area contributed by atoms with Gasteiger partial charge in [0.2, 0.25) is 0 Å². The lowest BCUT2D eigenvalue weighted by atomic mass is 9.98. The molecular formula is C104H88N14O11S. The third kappa shape index (κ3) is 18.5. The summed E-state index contributed by atoms with van der Waals surface area (Å²) in [5.74, 6) is 3.35. The number of rotatable bonds is 16. The maximum atomic E-state index is 12.1. The van der Waals surface area contributed by atoms with Crippen LogP contribution < -0.4 is 40.1 Å². The number of H-pyrrole nitrogens is 4. The van der Waals surface area contributed by atoms with Crippen molar-refractivity contribution in [3.8, 4) is 142 Å². The zero-order valence-corrected chi connectivity index (χ0v) is 71.8. The number of nitrogen functional groups attached to an aromatic ring is 1. The molecule has 22 rings (SSSR count). The van der Waals surface area contributed by atoms with E-state index >= 15 is 0 Å². The van der Waals surface area contributed by atoms with Gasteiger partial charge in [-0.2, -0.15) is 21.0 Å². The summed E-state index contributed by atoms with van der Waals surface area (Å²) in [6, 6.07) is 77.0. The third-order valence-electron chi connectivity index (χ3n) is 24.0. The van der Waals surface area contributed by atoms with Crippen LogP contribution in [0.5, 0.6) is 28.7 Å². The molecule has 6 aliphatic heterocycles. The molecule has 130 heavy (non-hydrogen) atoms. The van der Waals surface area contributed by atoms with E-state index in [9.17, 15) is 30.6 Å². The molecule has 2 amide bonds. The monoisotopic (exact) mass is 1740 g/mol. The van der Waals surface area contributed by atoms with Crippen molar-refractivity contribution in [1.82, 2.24) is 40.2 Å². The molecule has 0 saturated carbocycles. The van der Waals surface area contributed by atoms with Gasteiger partial charge in [0.1, 0.15) is 89.0 Å². The van der Waals surface area contributed by atoms with Crippen molar-refractivity contribution in [2.75, 3.05) is 70.5 Å². The number of benzene rings is 10. The Hall–Kier alpha value is -15.4. The number of nitriles is 4. The standard InChI is InChI=1S/C28H23N3O4.C28H23N3O3.C24H21N5O2.C24H21N3O2S/c29-15-19-12-17(5-7-26(19)35-20-8-10-33-11-9-20)21-2-1-3-23-22(21)14-25(30-23)18-4-6-24-27(13-18)34-16-28(32)31-24;29-15-20-12-17(6-7-27(20)34-21-8-10-33-11-9-21)22-2-1-3-25-24(22)14-26(31-25)18-4-5-19-16-30-28(32)23(19)13-18;25-12-16-10-15(4-5-23(16)31-17-6-8-30-9-7-17)18-2-1-3-20-19(18)11-21(28-20)22-13-27-14-24(26)29-22;1-15-26-14-24(30-15)22-12-20-19(3-2-4-21(20)27-22)16-5-6-23(17(11-16)13-25)29-18-7-9-28-10-8-18/h1-7,12-14,20,30H,8-11,16H2,(H,31,32);1-7,12-14,21,31H,8-11,16H2,(H,30,32);1-5,10-11,13-14,17,28H,6-9H2,(H2,26,29);2-6,11-12,14,18,27H,7-10H2,1H3. The van der Waals surface area contributed by atoms with Gasteiger partial charge in [-0.25, -0.2) is 9.97 Å². The first kappa shape index (κ1) is 84.1. The molecule has 6 aromatic heterocycles. The van der Waals surface area contributed by atoms with Gasteiger partial charge in [-0.1, -0.05) is 91.0 Å². The van der Waals surface area contributed by atoms with Gasteiger partial charge < -0.3 is 78.9 Å². The molecule has 4 fully saturated rings. The van der Waals surface area contributed by atoms with Crippen LogP contribution in [0.25, 0.3) is 133 Å². The fraction of sp³-hybridized carbons (Fsp3) is 0.221. The van der Waals surface area contributed by atoms with Crippen molar-refractivity contribution in [1.29, 1.82) is 21.0 Å². The smallest absolute Gasteiger partial charge is 0.262 e. The Morgan fingerprint density at radius 3 is 1.21 bits per heavy atom. The van der Waals surface area contributed by atoms with Gasteiger partial charge in [0.05, 0.1) is 114 Å². The number of amides is 2. The molecule has 16 aromatic rings. The lowest BCUT2D eigenvalue weighted by molar-refractivity contribution is -0.118. The Balaban J connectivity index is 0.000000113. The number of nitrogens with two attached hydrogens (primary N) is 1. The lowest BCUT2D eigenvalue weighted by Gasteiger charge is -2.24. The molecule has 0 atom stereocenters. The molecule has 0 spiro atoms. The van der Waals surface area contributed by atoms with E-state index in [0.29, 0.717) is 128 Å². The SMILES string of the molecule is Cc1ncc(-c2cc3c(-c4ccc(OC5CCOCC5)c(C#N)c4)cccc3[nH]2)s1.N#Cc1cc(-c2cccc3[nH]c(-c4ccc5c(c4)C(=O)NC5)cc23)ccc1OC1CCOCC1.N#Cc1cc(-c2cccc3[nH]c(-c4ccc5c(c4)OCC(=O)N5)cc23)ccc1OC1CCOCC1.N#Cc1cc(-c2cccc3[nH]c(-c4cncc(N)n4)cc23)ccc1OC1CCOCC1. The number of hydrogen-bond donors (Lipinski definition) is 7. The van der Waals surface area contributed by atoms with Gasteiger partial charge in [0.25, 0.3) is 11.8 Å². The number of fused-ring (bicyclic) bond motifs is 6. The van der Waals surface area contributed by atoms with E-state index in [4.69, 9.17) is 48.4 Å². The molecule has 0 radical (unpaired) electrons. The minimum absolute atomic E-state index is 0.0166. The van der Waals surface area contributed by atoms with E-state index in [1.54, 1.807) is 17.5 Å². The number of carbonyl (C=O) groups is 2. The Bertz CT molecular complexity index is 7160. The van der Waals surface area contributed by atoms with Crippen molar-refractivity contribution in [2.24, 2.45) is 0 Å². The summed E-state index contributed by atoms with van der Waals surface area (Å²) in [6.07, 6.45) is 12.2. The Morgan fingerprint density at radius 2 is 0.800 bits per heavy atom. The van der Waals surface area contributed by atoms with E-state index in [0.717, 1.165) is 194 Å². The van der Waals surface area contributed by atoms with Crippen molar-refractivity contribution < 1.29 is 52.2 Å². The number of nitrogens with one attached hydrogen (secondary N) is 6. The zero-order chi connectivity index (χ0) is 88.6. The molecule has 10 aromatic carbocycles. The van der Waals surface area contributed by atoms with Crippen molar-refractivity contribution in [3.63, 3.8) is 0 Å². The second-order valence-corrected chi connectivity index (χ2v) is 33.7. The third-order valence-corrected chi connectivity index (χ3v) is 24.9. The highest BCUT2D eigenvalue weighted by atomic mass is 32.1. The largest absolute Gasteiger partial charge is 0.489 e. The summed E-state index contributed by atoms with van der Waals surface area (Å²) in [5.41, 5.74) is 28.8. The van der Waals surface area contributed by atoms with Crippen molar-refractivity contribution in [2.45, 2.75) is 89.3 Å². The first-order valence-corrected chi connectivity index (χ1v) is 44.2. The summed E-state index contributed by atoms with van der Waals surface area (Å²) in [5, 5.41) is 50.0. The highest BCUT2D eigenvalue weighted by Gasteiger charge is 2.27. The average Bonchev–Trinajstić information content (AvgIpc) is 1.61. The summed E-state index contributed by atoms with van der Waals surface area (Å²) >= 11 is 1.67. The highest BCUT2D eigenvalue weighted by molar-refractivity contribution is 7.15. The van der Waals surface area contributed by atoms with E-state index in [-0.39, 0.29) is 42.8 Å². The van der Waals surface area contributed by atoms with Gasteiger partial charge >= 0.3 is 0 Å². The molecule has 646 valence electrons. The summed E-state index contributed by atoms with van der Waals surface area (Å²) in [7, 11) is 0. The van der Waals surface area contributed by atoms with Crippen LogP contribution in [0.2, 0.25) is 0 Å². The minimum atomic E-state index is -0.151. The number of aromatic amines is 4. The minimum Gasteiger partial charge on any atom is -0.489 e. The number of thiazole rings is 1. The van der Waals surface area contributed by atoms with Crippen LogP contribution >= 0.6 is 11.3 Å². The van der Waals surface area contributed by atoms with Gasteiger partial charge in [-0.15, -0.1) is 11.3 Å². The number of aryl methyl sites for hydroxylation is 1. The predicted octanol–water partition coefficient (Wildman–Crippen LogP) is 20.4. The fourth-order valence-corrected chi connectivity index (χ4v) is 18.0. The van der Waals surface area contributed by atoms with E-state index in [1.165, 1.54) is 6.20 Å². The Kier molecular flexibility index (Phi) is 24.6. The second kappa shape index (κ2) is 38.0. The molecule has 25 nitrogen and oxygen atoms in total. The van der Waals surface area contributed by atoms with Crippen LogP contribution in [0.3, 0.4) is 0 Å². The number of nitrogens with zero attached hydrogens (tertiary/aromatic N) is 7. The van der Waals surface area contributed by atoms with Crippen LogP contribution in [-0.2, 0) is 30.3 Å². The predicted molar refractivity (Wildman–Crippen MR) is 499 cm³/mol. The van der Waals surface area contributed by atoms with E-state index in [1.807, 2.05) is 177 Å². The van der Waals surface area contributed by atoms with Gasteiger partial charge in [0.15, 0.2) is 6.61 Å². The first-order chi connectivity index (χ1) is 63.8. The van der Waals surface area contributed by atoms with Crippen LogP contribution in [0.15, 0.2) is 225 Å². The van der Waals surface area contributed by atoms with Crippen LogP contribution in [0.4, 0.5) is 11.5 Å². The molecule has 0 unspecified atom stereocenters. The van der Waals surface area contributed by atoms with Gasteiger partial charge in [0, 0.05) is 130 Å². The lowest BCUT2D eigenvalue weighted by Crippen LogP contribution is -2.26. The number of ether oxygens (including phenoxy) is 9. The van der Waals surface area contributed by atoms with E-state index in [2.05, 4.69) is 112 Å². The maximum absolute atomic E-state index is 12.1. The normalized spacial score (nSPS) is 15.1. The number of hydrogen-bond acceptors (Lipinski definition) is 20. The molecular weight excluding hydrogens is 1650 g/mol. The summed E-state index contributed by atoms with van der Waals surface area (Å²) in [4.78, 5) is 51.5. The molecule has 4 saturated heterocycles. The zero-order valence-electron chi connectivity index (χ0n) is 71.0. The van der Waals surface area contributed by atoms with Crippen molar-refractivity contribution in [3.05, 3.63) is 263 Å². The quantitative estimate of drug-likeness (QED) is 0.0472. The fourth-order valence-electron chi connectivity index (χ4n) is 17.3. The summed E-state index contributed by atoms with van der Waals surface area (Å²) in [6.45, 7) is 8.18. The topological polar surface area (TPSA) is 364 Å². The molecule has 0 bridgehead atoms. The number of aromatic nitrogens is 7. The Morgan fingerprint density at radius 1 is 0.415 bits per heavy atom. The molecule has 6 aliphatic rings. The molecule has 0 aliphatic carbocycles. The summed E-state index contributed by atoms with van der Waals surface area (Å²) < 4.78 is 51.6.